The Labute approximate surface area is 141 Å². The quantitative estimate of drug-likeness (QED) is 0.623. The van der Waals surface area contributed by atoms with Gasteiger partial charge in [0.05, 0.1) is 5.69 Å². The summed E-state index contributed by atoms with van der Waals surface area (Å²) in [6, 6.07) is 4.60. The molecule has 0 spiro atoms. The van der Waals surface area contributed by atoms with E-state index in [1.54, 1.807) is 13.0 Å². The number of carbonyl (C=O) groups is 4. The molecule has 1 aromatic carbocycles. The van der Waals surface area contributed by atoms with Crippen LogP contribution in [0.1, 0.15) is 18.9 Å². The van der Waals surface area contributed by atoms with Gasteiger partial charge in [-0.25, -0.2) is 9.69 Å². The van der Waals surface area contributed by atoms with Gasteiger partial charge in [0.1, 0.15) is 6.54 Å². The molecule has 0 saturated carbocycles. The summed E-state index contributed by atoms with van der Waals surface area (Å²) in [4.78, 5) is 49.2. The van der Waals surface area contributed by atoms with Gasteiger partial charge in [0.2, 0.25) is 5.91 Å². The minimum absolute atomic E-state index is 0.158. The van der Waals surface area contributed by atoms with Crippen LogP contribution in [0.2, 0.25) is 0 Å². The van der Waals surface area contributed by atoms with Crippen molar-refractivity contribution in [3.63, 3.8) is 0 Å². The van der Waals surface area contributed by atoms with Crippen molar-refractivity contribution in [2.75, 3.05) is 18.4 Å². The van der Waals surface area contributed by atoms with E-state index in [1.807, 2.05) is 19.1 Å². The Bertz CT molecular complexity index is 689. The summed E-state index contributed by atoms with van der Waals surface area (Å²) in [7, 11) is 0. The number of anilines is 1. The van der Waals surface area contributed by atoms with Crippen LogP contribution >= 0.6 is 15.9 Å². The van der Waals surface area contributed by atoms with E-state index >= 15 is 0 Å². The Morgan fingerprint density at radius 2 is 1.83 bits per heavy atom. The van der Waals surface area contributed by atoms with Gasteiger partial charge in [-0.1, -0.05) is 13.0 Å². The number of nitrogens with zero attached hydrogens (tertiary/aromatic N) is 2. The molecule has 1 aliphatic rings. The third-order valence-corrected chi connectivity index (χ3v) is 3.94. The van der Waals surface area contributed by atoms with Crippen LogP contribution in [-0.2, 0) is 14.4 Å². The highest BCUT2D eigenvalue weighted by Crippen LogP contribution is 2.23. The molecule has 0 radical (unpaired) electrons. The van der Waals surface area contributed by atoms with Crippen LogP contribution in [0.25, 0.3) is 0 Å². The van der Waals surface area contributed by atoms with Crippen LogP contribution in [-0.4, -0.2) is 46.6 Å². The molecular formula is C15H16BrN3O4. The first-order valence-corrected chi connectivity index (χ1v) is 7.87. The predicted octanol–water partition coefficient (Wildman–Crippen LogP) is 1.90. The van der Waals surface area contributed by atoms with E-state index < -0.39 is 30.3 Å². The molecule has 23 heavy (non-hydrogen) atoms. The predicted molar refractivity (Wildman–Crippen MR) is 86.6 cm³/mol. The van der Waals surface area contributed by atoms with Crippen LogP contribution in [0.5, 0.6) is 0 Å². The van der Waals surface area contributed by atoms with E-state index in [9.17, 15) is 19.2 Å². The minimum Gasteiger partial charge on any atom is -0.323 e. The van der Waals surface area contributed by atoms with Gasteiger partial charge in [-0.05, 0) is 47.0 Å². The molecule has 8 heteroatoms. The zero-order valence-electron chi connectivity index (χ0n) is 12.8. The number of benzene rings is 1. The highest BCUT2D eigenvalue weighted by atomic mass is 79.9. The van der Waals surface area contributed by atoms with Gasteiger partial charge in [-0.15, -0.1) is 0 Å². The first-order chi connectivity index (χ1) is 10.8. The van der Waals surface area contributed by atoms with Crippen LogP contribution in [0.4, 0.5) is 10.5 Å². The third-order valence-electron chi connectivity index (χ3n) is 3.28. The van der Waals surface area contributed by atoms with Gasteiger partial charge in [0, 0.05) is 11.0 Å². The van der Waals surface area contributed by atoms with Crippen molar-refractivity contribution in [1.29, 1.82) is 0 Å². The maximum absolute atomic E-state index is 12.1. The lowest BCUT2D eigenvalue weighted by molar-refractivity contribution is -0.143. The van der Waals surface area contributed by atoms with Crippen molar-refractivity contribution >= 4 is 45.4 Å². The molecule has 0 bridgehead atoms. The molecule has 1 heterocycles. The molecular weight excluding hydrogens is 366 g/mol. The number of halogens is 1. The molecule has 0 atom stereocenters. The van der Waals surface area contributed by atoms with Crippen molar-refractivity contribution in [3.8, 4) is 0 Å². The van der Waals surface area contributed by atoms with Crippen molar-refractivity contribution in [2.24, 2.45) is 0 Å². The summed E-state index contributed by atoms with van der Waals surface area (Å²) in [6.07, 6.45) is 0.543. The number of hydrogen-bond donors (Lipinski definition) is 1. The maximum Gasteiger partial charge on any atom is 0.334 e. The van der Waals surface area contributed by atoms with Crippen LogP contribution < -0.4 is 5.32 Å². The Morgan fingerprint density at radius 3 is 2.43 bits per heavy atom. The number of aryl methyl sites for hydroxylation is 1. The molecule has 1 aromatic rings. The lowest BCUT2D eigenvalue weighted by Crippen LogP contribution is -2.39. The highest BCUT2D eigenvalue weighted by molar-refractivity contribution is 9.10. The van der Waals surface area contributed by atoms with Crippen LogP contribution in [0.3, 0.4) is 0 Å². The highest BCUT2D eigenvalue weighted by Gasteiger charge is 2.44. The van der Waals surface area contributed by atoms with Crippen molar-refractivity contribution in [1.82, 2.24) is 9.80 Å². The van der Waals surface area contributed by atoms with Crippen molar-refractivity contribution in [3.05, 3.63) is 28.2 Å². The molecule has 122 valence electrons. The number of imide groups is 2. The molecule has 0 unspecified atom stereocenters. The van der Waals surface area contributed by atoms with Gasteiger partial charge < -0.3 is 5.32 Å². The molecule has 1 fully saturated rings. The zero-order chi connectivity index (χ0) is 17.1. The fourth-order valence-corrected chi connectivity index (χ4v) is 2.76. The number of urea groups is 1. The van der Waals surface area contributed by atoms with E-state index in [-0.39, 0.29) is 6.54 Å². The zero-order valence-corrected chi connectivity index (χ0v) is 14.3. The Kier molecular flexibility index (Phi) is 5.15. The van der Waals surface area contributed by atoms with Crippen LogP contribution in [0.15, 0.2) is 22.7 Å². The van der Waals surface area contributed by atoms with Crippen molar-refractivity contribution < 1.29 is 19.2 Å². The summed E-state index contributed by atoms with van der Waals surface area (Å²) < 4.78 is 0.689. The standard InChI is InChI=1S/C15H16BrN3O4/c1-3-6-18-13(21)14(22)19(15(18)23)8-12(20)17-11-5-4-9(2)7-10(11)16/h4-5,7H,3,6,8H2,1-2H3,(H,17,20). The topological polar surface area (TPSA) is 86.8 Å². The SMILES string of the molecule is CCCN1C(=O)C(=O)N(CC(=O)Nc2ccc(C)cc2Br)C1=O. The number of hydrogen-bond acceptors (Lipinski definition) is 4. The molecule has 0 aliphatic carbocycles. The normalized spacial score (nSPS) is 14.7. The van der Waals surface area contributed by atoms with E-state index in [1.165, 1.54) is 0 Å². The third kappa shape index (κ3) is 3.58. The van der Waals surface area contributed by atoms with Crippen LogP contribution in [0, 0.1) is 6.92 Å². The van der Waals surface area contributed by atoms with Gasteiger partial charge in [-0.2, -0.15) is 0 Å². The van der Waals surface area contributed by atoms with Gasteiger partial charge in [0.15, 0.2) is 0 Å². The van der Waals surface area contributed by atoms with Crippen molar-refractivity contribution in [2.45, 2.75) is 20.3 Å². The summed E-state index contributed by atoms with van der Waals surface area (Å²) in [6.45, 7) is 3.36. The smallest absolute Gasteiger partial charge is 0.323 e. The molecule has 7 nitrogen and oxygen atoms in total. The Balaban J connectivity index is 2.06. The number of carbonyl (C=O) groups excluding carboxylic acids is 4. The van der Waals surface area contributed by atoms with Gasteiger partial charge in [0.25, 0.3) is 0 Å². The van der Waals surface area contributed by atoms with E-state index in [4.69, 9.17) is 0 Å². The Morgan fingerprint density at radius 1 is 1.17 bits per heavy atom. The number of rotatable bonds is 5. The largest absolute Gasteiger partial charge is 0.334 e. The second-order valence-corrected chi connectivity index (χ2v) is 6.02. The first kappa shape index (κ1) is 17.1. The van der Waals surface area contributed by atoms with E-state index in [2.05, 4.69) is 21.2 Å². The van der Waals surface area contributed by atoms with Gasteiger partial charge in [-0.3, -0.25) is 19.3 Å². The summed E-state index contributed by atoms with van der Waals surface area (Å²) in [5.41, 5.74) is 1.54. The summed E-state index contributed by atoms with van der Waals surface area (Å²) >= 11 is 3.33. The minimum atomic E-state index is -0.971. The van der Waals surface area contributed by atoms with E-state index in [0.29, 0.717) is 21.5 Å². The average Bonchev–Trinajstić information content (AvgIpc) is 2.68. The number of nitrogens with one attached hydrogen (secondary N) is 1. The molecule has 1 saturated heterocycles. The summed E-state index contributed by atoms with van der Waals surface area (Å²) in [5.74, 6) is -2.41. The molecule has 0 aromatic heterocycles. The maximum atomic E-state index is 12.1. The fourth-order valence-electron chi connectivity index (χ4n) is 2.17. The Hall–Kier alpha value is -2.22. The van der Waals surface area contributed by atoms with Gasteiger partial charge >= 0.3 is 17.8 Å². The molecule has 5 amide bonds. The molecule has 1 aliphatic heterocycles. The first-order valence-electron chi connectivity index (χ1n) is 7.08. The second kappa shape index (κ2) is 6.91. The lowest BCUT2D eigenvalue weighted by Gasteiger charge is -2.15. The monoisotopic (exact) mass is 381 g/mol. The van der Waals surface area contributed by atoms with E-state index in [0.717, 1.165) is 10.5 Å². The number of amides is 5. The fraction of sp³-hybridized carbons (Fsp3) is 0.333. The molecule has 1 N–H and O–H groups in total. The second-order valence-electron chi connectivity index (χ2n) is 5.16. The molecule has 2 rings (SSSR count). The average molecular weight is 382 g/mol. The lowest BCUT2D eigenvalue weighted by atomic mass is 10.2. The summed E-state index contributed by atoms with van der Waals surface area (Å²) in [5, 5.41) is 2.61.